The highest BCUT2D eigenvalue weighted by Crippen LogP contribution is 2.32. The molecule has 1 amide bonds. The smallest absolute Gasteiger partial charge is 0.272 e. The second-order valence-corrected chi connectivity index (χ2v) is 4.86. The third kappa shape index (κ3) is 2.03. The van der Waals surface area contributed by atoms with E-state index in [1.165, 1.54) is 0 Å². The summed E-state index contributed by atoms with van der Waals surface area (Å²) in [4.78, 5) is 14.4. The molecule has 100 valence electrons. The standard InChI is InChI=1S/C13H16N4O2/c1-9-8-10(15-19-9)11-4-3-7-17(11)13(18)12-5-6-14-16(12)2/h5-6,8,11H,3-4,7H2,1-2H3. The Kier molecular flexibility index (Phi) is 2.85. The van der Waals surface area contributed by atoms with Crippen molar-refractivity contribution in [3.63, 3.8) is 0 Å². The predicted octanol–water partition coefficient (Wildman–Crippen LogP) is 1.69. The van der Waals surface area contributed by atoms with Crippen LogP contribution in [0.4, 0.5) is 0 Å². The van der Waals surface area contributed by atoms with Gasteiger partial charge in [0.25, 0.3) is 5.91 Å². The maximum Gasteiger partial charge on any atom is 0.272 e. The summed E-state index contributed by atoms with van der Waals surface area (Å²) in [5, 5.41) is 8.09. The van der Waals surface area contributed by atoms with E-state index >= 15 is 0 Å². The maximum absolute atomic E-state index is 12.5. The van der Waals surface area contributed by atoms with Crippen molar-refractivity contribution in [3.05, 3.63) is 35.5 Å². The molecule has 2 aromatic heterocycles. The van der Waals surface area contributed by atoms with Gasteiger partial charge in [-0.2, -0.15) is 5.10 Å². The quantitative estimate of drug-likeness (QED) is 0.824. The van der Waals surface area contributed by atoms with E-state index in [2.05, 4.69) is 10.3 Å². The summed E-state index contributed by atoms with van der Waals surface area (Å²) in [7, 11) is 1.78. The average Bonchev–Trinajstić information content (AvgIpc) is 3.07. The molecule has 1 aliphatic rings. The molecule has 1 aliphatic heterocycles. The summed E-state index contributed by atoms with van der Waals surface area (Å²) in [5.41, 5.74) is 1.44. The normalized spacial score (nSPS) is 19.1. The van der Waals surface area contributed by atoms with E-state index in [4.69, 9.17) is 4.52 Å². The fourth-order valence-electron chi connectivity index (χ4n) is 2.59. The Morgan fingerprint density at radius 2 is 2.37 bits per heavy atom. The zero-order valence-electron chi connectivity index (χ0n) is 11.0. The predicted molar refractivity (Wildman–Crippen MR) is 67.5 cm³/mol. The van der Waals surface area contributed by atoms with Gasteiger partial charge in [0.2, 0.25) is 0 Å². The van der Waals surface area contributed by atoms with E-state index in [0.717, 1.165) is 30.8 Å². The number of aryl methyl sites for hydroxylation is 2. The van der Waals surface area contributed by atoms with Gasteiger partial charge in [-0.3, -0.25) is 9.48 Å². The molecule has 6 heteroatoms. The SMILES string of the molecule is Cc1cc(C2CCCN2C(=O)c2ccnn2C)no1. The molecule has 2 aromatic rings. The molecule has 0 N–H and O–H groups in total. The lowest BCUT2D eigenvalue weighted by Crippen LogP contribution is -2.32. The van der Waals surface area contributed by atoms with Crippen LogP contribution in [0.2, 0.25) is 0 Å². The summed E-state index contributed by atoms with van der Waals surface area (Å²) >= 11 is 0. The van der Waals surface area contributed by atoms with E-state index in [1.54, 1.807) is 24.0 Å². The zero-order valence-corrected chi connectivity index (χ0v) is 11.0. The van der Waals surface area contributed by atoms with Crippen molar-refractivity contribution in [2.45, 2.75) is 25.8 Å². The van der Waals surface area contributed by atoms with Gasteiger partial charge < -0.3 is 9.42 Å². The van der Waals surface area contributed by atoms with Crippen LogP contribution in [0.3, 0.4) is 0 Å². The van der Waals surface area contributed by atoms with E-state index in [0.29, 0.717) is 5.69 Å². The fraction of sp³-hybridized carbons (Fsp3) is 0.462. The molecule has 1 atom stereocenters. The Morgan fingerprint density at radius 1 is 1.53 bits per heavy atom. The van der Waals surface area contributed by atoms with Crippen molar-refractivity contribution in [2.24, 2.45) is 7.05 Å². The van der Waals surface area contributed by atoms with Gasteiger partial charge in [0.05, 0.1) is 6.04 Å². The first-order valence-electron chi connectivity index (χ1n) is 6.39. The lowest BCUT2D eigenvalue weighted by atomic mass is 10.1. The van der Waals surface area contributed by atoms with Crippen molar-refractivity contribution < 1.29 is 9.32 Å². The lowest BCUT2D eigenvalue weighted by Gasteiger charge is -2.22. The Bertz CT molecular complexity index is 601. The molecule has 6 nitrogen and oxygen atoms in total. The number of nitrogens with zero attached hydrogens (tertiary/aromatic N) is 4. The number of rotatable bonds is 2. The number of carbonyl (C=O) groups excluding carboxylic acids is 1. The first-order chi connectivity index (χ1) is 9.16. The monoisotopic (exact) mass is 260 g/mol. The number of likely N-dealkylation sites (tertiary alicyclic amines) is 1. The van der Waals surface area contributed by atoms with Crippen LogP contribution < -0.4 is 0 Å². The van der Waals surface area contributed by atoms with Crippen LogP contribution in [0, 0.1) is 6.92 Å². The van der Waals surface area contributed by atoms with Gasteiger partial charge >= 0.3 is 0 Å². The Balaban J connectivity index is 1.88. The van der Waals surface area contributed by atoms with Crippen LogP contribution in [0.25, 0.3) is 0 Å². The van der Waals surface area contributed by atoms with Crippen molar-refractivity contribution in [2.75, 3.05) is 6.54 Å². The minimum atomic E-state index is 0.00292. The minimum Gasteiger partial charge on any atom is -0.361 e. The van der Waals surface area contributed by atoms with Gasteiger partial charge in [-0.25, -0.2) is 0 Å². The van der Waals surface area contributed by atoms with Crippen molar-refractivity contribution in [3.8, 4) is 0 Å². The van der Waals surface area contributed by atoms with Crippen LogP contribution in [-0.2, 0) is 7.05 Å². The molecule has 0 radical (unpaired) electrons. The Hall–Kier alpha value is -2.11. The summed E-state index contributed by atoms with van der Waals surface area (Å²) in [6.07, 6.45) is 3.55. The summed E-state index contributed by atoms with van der Waals surface area (Å²) < 4.78 is 6.72. The van der Waals surface area contributed by atoms with Crippen molar-refractivity contribution in [1.82, 2.24) is 19.8 Å². The Morgan fingerprint density at radius 3 is 3.00 bits per heavy atom. The number of aromatic nitrogens is 3. The number of hydrogen-bond acceptors (Lipinski definition) is 4. The molecule has 1 fully saturated rings. The van der Waals surface area contributed by atoms with Crippen molar-refractivity contribution >= 4 is 5.91 Å². The second-order valence-electron chi connectivity index (χ2n) is 4.86. The highest BCUT2D eigenvalue weighted by atomic mass is 16.5. The lowest BCUT2D eigenvalue weighted by molar-refractivity contribution is 0.0719. The molecule has 1 unspecified atom stereocenters. The van der Waals surface area contributed by atoms with Gasteiger partial charge in [0, 0.05) is 25.9 Å². The molecule has 3 rings (SSSR count). The highest BCUT2D eigenvalue weighted by molar-refractivity contribution is 5.93. The van der Waals surface area contributed by atoms with Crippen molar-refractivity contribution in [1.29, 1.82) is 0 Å². The molecule has 1 saturated heterocycles. The van der Waals surface area contributed by atoms with Crippen LogP contribution in [0.15, 0.2) is 22.9 Å². The van der Waals surface area contributed by atoms with E-state index in [1.807, 2.05) is 17.9 Å². The summed E-state index contributed by atoms with van der Waals surface area (Å²) in [6, 6.07) is 3.66. The molecule has 3 heterocycles. The zero-order chi connectivity index (χ0) is 13.4. The molecule has 0 spiro atoms. The fourth-order valence-corrected chi connectivity index (χ4v) is 2.59. The van der Waals surface area contributed by atoms with E-state index in [-0.39, 0.29) is 11.9 Å². The third-order valence-corrected chi connectivity index (χ3v) is 3.54. The number of amides is 1. The third-order valence-electron chi connectivity index (χ3n) is 3.54. The summed E-state index contributed by atoms with van der Waals surface area (Å²) in [5.74, 6) is 0.776. The Labute approximate surface area is 111 Å². The van der Waals surface area contributed by atoms with Crippen LogP contribution in [-0.4, -0.2) is 32.3 Å². The molecule has 0 aromatic carbocycles. The van der Waals surface area contributed by atoms with E-state index in [9.17, 15) is 4.79 Å². The molecule has 0 aliphatic carbocycles. The number of carbonyl (C=O) groups is 1. The van der Waals surface area contributed by atoms with Gasteiger partial charge in [-0.15, -0.1) is 0 Å². The topological polar surface area (TPSA) is 64.2 Å². The van der Waals surface area contributed by atoms with Crippen LogP contribution in [0.1, 0.15) is 40.8 Å². The molecule has 19 heavy (non-hydrogen) atoms. The van der Waals surface area contributed by atoms with Crippen LogP contribution in [0.5, 0.6) is 0 Å². The number of hydrogen-bond donors (Lipinski definition) is 0. The molecular formula is C13H16N4O2. The first-order valence-corrected chi connectivity index (χ1v) is 6.39. The largest absolute Gasteiger partial charge is 0.361 e. The maximum atomic E-state index is 12.5. The summed E-state index contributed by atoms with van der Waals surface area (Å²) in [6.45, 7) is 2.61. The van der Waals surface area contributed by atoms with Gasteiger partial charge in [0.1, 0.15) is 17.1 Å². The second kappa shape index (κ2) is 4.53. The average molecular weight is 260 g/mol. The molecular weight excluding hydrogens is 244 g/mol. The van der Waals surface area contributed by atoms with Crippen LogP contribution >= 0.6 is 0 Å². The molecule has 0 bridgehead atoms. The van der Waals surface area contributed by atoms with E-state index < -0.39 is 0 Å². The van der Waals surface area contributed by atoms with Gasteiger partial charge in [-0.1, -0.05) is 5.16 Å². The van der Waals surface area contributed by atoms with Gasteiger partial charge in [-0.05, 0) is 25.8 Å². The van der Waals surface area contributed by atoms with Gasteiger partial charge in [0.15, 0.2) is 0 Å². The molecule has 0 saturated carbocycles. The first kappa shape index (κ1) is 12.0. The minimum absolute atomic E-state index is 0.00292. The highest BCUT2D eigenvalue weighted by Gasteiger charge is 2.33.